The molecule has 9 heteroatoms. The van der Waals surface area contributed by atoms with E-state index in [4.69, 9.17) is 0 Å². The van der Waals surface area contributed by atoms with E-state index in [1.54, 1.807) is 11.0 Å². The van der Waals surface area contributed by atoms with Crippen LogP contribution < -0.4 is 5.32 Å². The summed E-state index contributed by atoms with van der Waals surface area (Å²) in [6.07, 6.45) is -4.27. The van der Waals surface area contributed by atoms with E-state index in [2.05, 4.69) is 5.32 Å². The molecule has 0 aliphatic carbocycles. The van der Waals surface area contributed by atoms with Gasteiger partial charge in [-0.05, 0) is 32.0 Å². The Kier molecular flexibility index (Phi) is 5.19. The second-order valence-electron chi connectivity index (χ2n) is 5.41. The Morgan fingerprint density at radius 2 is 1.91 bits per heavy atom. The van der Waals surface area contributed by atoms with Crippen molar-refractivity contribution in [2.75, 3.05) is 25.0 Å². The first kappa shape index (κ1) is 17.2. The second-order valence-corrected chi connectivity index (χ2v) is 5.41. The quantitative estimate of drug-likeness (QED) is 0.680. The number of alkyl halides is 3. The van der Waals surface area contributed by atoms with Crippen LogP contribution in [-0.4, -0.2) is 41.5 Å². The third-order valence-electron chi connectivity index (χ3n) is 3.79. The highest BCUT2D eigenvalue weighted by atomic mass is 19.4. The minimum absolute atomic E-state index is 0.0394. The number of halogens is 3. The highest BCUT2D eigenvalue weighted by Crippen LogP contribution is 2.34. The predicted molar refractivity (Wildman–Crippen MR) is 76.9 cm³/mol. The molecule has 6 nitrogen and oxygen atoms in total. The van der Waals surface area contributed by atoms with Gasteiger partial charge in [-0.2, -0.15) is 13.2 Å². The van der Waals surface area contributed by atoms with Crippen molar-refractivity contribution in [3.8, 4) is 0 Å². The zero-order valence-electron chi connectivity index (χ0n) is 12.2. The van der Waals surface area contributed by atoms with Gasteiger partial charge in [-0.1, -0.05) is 12.1 Å². The lowest BCUT2D eigenvalue weighted by atomic mass is 9.96. The fourth-order valence-electron chi connectivity index (χ4n) is 2.55. The molecule has 1 aromatic rings. The Bertz CT molecular complexity index is 584. The van der Waals surface area contributed by atoms with Crippen LogP contribution in [0, 0.1) is 16.0 Å². The molecule has 1 fully saturated rings. The van der Waals surface area contributed by atoms with Gasteiger partial charge in [-0.15, -0.1) is 0 Å². The standard InChI is InChI=1S/C14H16F3N3O3/c15-14(16,17)10-5-7-19(8-6-10)9-13(21)18-11-3-1-2-4-12(11)20(22)23/h1-4,10H,5-9H2,(H,18,21). The molecule has 0 bridgehead atoms. The molecule has 0 saturated carbocycles. The van der Waals surface area contributed by atoms with E-state index in [9.17, 15) is 28.1 Å². The molecular weight excluding hydrogens is 315 g/mol. The number of likely N-dealkylation sites (tertiary alicyclic amines) is 1. The highest BCUT2D eigenvalue weighted by Gasteiger charge is 2.41. The van der Waals surface area contributed by atoms with Crippen LogP contribution in [0.25, 0.3) is 0 Å². The van der Waals surface area contributed by atoms with Crippen molar-refractivity contribution >= 4 is 17.3 Å². The topological polar surface area (TPSA) is 75.5 Å². The van der Waals surface area contributed by atoms with E-state index < -0.39 is 22.9 Å². The van der Waals surface area contributed by atoms with Crippen LogP contribution in [-0.2, 0) is 4.79 Å². The number of hydrogen-bond acceptors (Lipinski definition) is 4. The van der Waals surface area contributed by atoms with Gasteiger partial charge in [0.2, 0.25) is 5.91 Å². The number of nitrogens with zero attached hydrogens (tertiary/aromatic N) is 2. The van der Waals surface area contributed by atoms with Crippen molar-refractivity contribution in [3.05, 3.63) is 34.4 Å². The number of piperidine rings is 1. The number of nitrogens with one attached hydrogen (secondary N) is 1. The Morgan fingerprint density at radius 3 is 2.48 bits per heavy atom. The molecular formula is C14H16F3N3O3. The van der Waals surface area contributed by atoms with Crippen LogP contribution in [0.2, 0.25) is 0 Å². The molecule has 0 spiro atoms. The zero-order valence-corrected chi connectivity index (χ0v) is 12.2. The Hall–Kier alpha value is -2.16. The van der Waals surface area contributed by atoms with Gasteiger partial charge in [-0.25, -0.2) is 0 Å². The number of carbonyl (C=O) groups excluding carboxylic acids is 1. The number of nitro groups is 1. The van der Waals surface area contributed by atoms with Crippen molar-refractivity contribution in [1.82, 2.24) is 4.90 Å². The van der Waals surface area contributed by atoms with Gasteiger partial charge in [0.05, 0.1) is 17.4 Å². The summed E-state index contributed by atoms with van der Waals surface area (Å²) < 4.78 is 37.7. The SMILES string of the molecule is O=C(CN1CCC(C(F)(F)F)CC1)Nc1ccccc1[N+](=O)[O-]. The second kappa shape index (κ2) is 6.95. The van der Waals surface area contributed by atoms with Gasteiger partial charge in [-0.3, -0.25) is 19.8 Å². The average molecular weight is 331 g/mol. The molecule has 23 heavy (non-hydrogen) atoms. The maximum Gasteiger partial charge on any atom is 0.391 e. The van der Waals surface area contributed by atoms with E-state index in [0.717, 1.165) is 0 Å². The normalized spacial score (nSPS) is 17.0. The minimum Gasteiger partial charge on any atom is -0.319 e. The number of anilines is 1. The number of benzene rings is 1. The molecule has 126 valence electrons. The molecule has 1 aliphatic rings. The van der Waals surface area contributed by atoms with Crippen LogP contribution in [0.4, 0.5) is 24.5 Å². The third-order valence-corrected chi connectivity index (χ3v) is 3.79. The number of hydrogen-bond donors (Lipinski definition) is 1. The molecule has 0 radical (unpaired) electrons. The number of rotatable bonds is 4. The molecule has 1 heterocycles. The lowest BCUT2D eigenvalue weighted by molar-refractivity contribution is -0.383. The summed E-state index contributed by atoms with van der Waals surface area (Å²) in [6, 6.07) is 5.71. The lowest BCUT2D eigenvalue weighted by Crippen LogP contribution is -2.42. The summed E-state index contributed by atoms with van der Waals surface area (Å²) in [5.41, 5.74) is -0.149. The first-order valence-electron chi connectivity index (χ1n) is 7.09. The zero-order chi connectivity index (χ0) is 17.0. The molecule has 1 amide bonds. The summed E-state index contributed by atoms with van der Waals surface area (Å²) in [6.45, 7) is 0.263. The molecule has 0 aromatic heterocycles. The molecule has 0 unspecified atom stereocenters. The molecule has 1 N–H and O–H groups in total. The first-order chi connectivity index (χ1) is 10.8. The van der Waals surface area contributed by atoms with Gasteiger partial charge < -0.3 is 5.32 Å². The summed E-state index contributed by atoms with van der Waals surface area (Å²) in [7, 11) is 0. The maximum absolute atomic E-state index is 12.6. The van der Waals surface area contributed by atoms with E-state index in [1.807, 2.05) is 0 Å². The van der Waals surface area contributed by atoms with Crippen LogP contribution in [0.3, 0.4) is 0 Å². The molecule has 1 saturated heterocycles. The Labute approximate surface area is 130 Å². The van der Waals surface area contributed by atoms with Crippen LogP contribution >= 0.6 is 0 Å². The number of carbonyl (C=O) groups is 1. The summed E-state index contributed by atoms with van der Waals surface area (Å²) in [5, 5.41) is 13.3. The van der Waals surface area contributed by atoms with Gasteiger partial charge >= 0.3 is 6.18 Å². The van der Waals surface area contributed by atoms with Crippen molar-refractivity contribution in [2.45, 2.75) is 19.0 Å². The predicted octanol–water partition coefficient (Wildman–Crippen LogP) is 2.81. The summed E-state index contributed by atoms with van der Waals surface area (Å²) in [4.78, 5) is 23.8. The van der Waals surface area contributed by atoms with Crippen molar-refractivity contribution in [2.24, 2.45) is 5.92 Å². The fraction of sp³-hybridized carbons (Fsp3) is 0.500. The van der Waals surface area contributed by atoms with E-state index >= 15 is 0 Å². The fourth-order valence-corrected chi connectivity index (χ4v) is 2.55. The van der Waals surface area contributed by atoms with Crippen molar-refractivity contribution in [3.63, 3.8) is 0 Å². The van der Waals surface area contributed by atoms with Crippen LogP contribution in [0.5, 0.6) is 0 Å². The molecule has 2 rings (SSSR count). The van der Waals surface area contributed by atoms with E-state index in [-0.39, 0.29) is 43.9 Å². The highest BCUT2D eigenvalue weighted by molar-refractivity contribution is 5.94. The van der Waals surface area contributed by atoms with Crippen molar-refractivity contribution < 1.29 is 22.9 Å². The molecule has 0 atom stereocenters. The minimum atomic E-state index is -4.20. The van der Waals surface area contributed by atoms with Gasteiger partial charge in [0.25, 0.3) is 5.69 Å². The van der Waals surface area contributed by atoms with E-state index in [0.29, 0.717) is 0 Å². The lowest BCUT2D eigenvalue weighted by Gasteiger charge is -2.32. The van der Waals surface area contributed by atoms with Gasteiger partial charge in [0.15, 0.2) is 0 Å². The average Bonchev–Trinajstić information content (AvgIpc) is 2.47. The molecule has 1 aromatic carbocycles. The summed E-state index contributed by atoms with van der Waals surface area (Å²) in [5.74, 6) is -1.80. The van der Waals surface area contributed by atoms with Crippen molar-refractivity contribution in [1.29, 1.82) is 0 Å². The monoisotopic (exact) mass is 331 g/mol. The number of nitro benzene ring substituents is 1. The Morgan fingerprint density at radius 1 is 1.30 bits per heavy atom. The third kappa shape index (κ3) is 4.65. The van der Waals surface area contributed by atoms with Crippen LogP contribution in [0.15, 0.2) is 24.3 Å². The van der Waals surface area contributed by atoms with Gasteiger partial charge in [0, 0.05) is 6.07 Å². The Balaban J connectivity index is 1.88. The smallest absolute Gasteiger partial charge is 0.319 e. The van der Waals surface area contributed by atoms with E-state index in [1.165, 1.54) is 18.2 Å². The first-order valence-corrected chi connectivity index (χ1v) is 7.09. The van der Waals surface area contributed by atoms with Gasteiger partial charge in [0.1, 0.15) is 5.69 Å². The largest absolute Gasteiger partial charge is 0.391 e. The summed E-state index contributed by atoms with van der Waals surface area (Å²) >= 11 is 0. The number of amides is 1. The van der Waals surface area contributed by atoms with Crippen LogP contribution in [0.1, 0.15) is 12.8 Å². The molecule has 1 aliphatic heterocycles. The number of para-hydroxylation sites is 2. The maximum atomic E-state index is 12.6.